The maximum absolute atomic E-state index is 12.2. The van der Waals surface area contributed by atoms with Gasteiger partial charge < -0.3 is 5.11 Å². The lowest BCUT2D eigenvalue weighted by Crippen LogP contribution is -2.53. The molecule has 5 nitrogen and oxygen atoms in total. The van der Waals surface area contributed by atoms with Gasteiger partial charge in [0.15, 0.2) is 0 Å². The van der Waals surface area contributed by atoms with Gasteiger partial charge in [0.2, 0.25) is 10.0 Å². The molecule has 3 aliphatic carbocycles. The average Bonchev–Trinajstić information content (AvgIpc) is 3.06. The lowest BCUT2D eigenvalue weighted by molar-refractivity contribution is -0.141. The molecule has 0 amide bonds. The quantitative estimate of drug-likeness (QED) is 0.747. The molecule has 108 valence electrons. The summed E-state index contributed by atoms with van der Waals surface area (Å²) < 4.78 is 26.5. The first kappa shape index (κ1) is 13.6. The summed E-state index contributed by atoms with van der Waals surface area (Å²) in [7, 11) is -3.36. The van der Waals surface area contributed by atoms with Gasteiger partial charge in [-0.1, -0.05) is 0 Å². The summed E-state index contributed by atoms with van der Waals surface area (Å²) in [6, 6.07) is -0.0833. The van der Waals surface area contributed by atoms with Gasteiger partial charge in [-0.3, -0.25) is 4.79 Å². The molecule has 19 heavy (non-hydrogen) atoms. The minimum Gasteiger partial charge on any atom is -0.481 e. The molecule has 2 N–H and O–H groups in total. The Bertz CT molecular complexity index is 502. The third-order valence-corrected chi connectivity index (χ3v) is 8.08. The lowest BCUT2D eigenvalue weighted by atomic mass is 9.72. The molecule has 1 unspecified atom stereocenters. The van der Waals surface area contributed by atoms with Gasteiger partial charge in [0.25, 0.3) is 0 Å². The molecule has 0 aromatic carbocycles. The molecule has 0 radical (unpaired) electrons. The van der Waals surface area contributed by atoms with Crippen LogP contribution in [0, 0.1) is 17.8 Å². The first-order valence-electron chi connectivity index (χ1n) is 6.69. The highest BCUT2D eigenvalue weighted by molar-refractivity contribution is 7.91. The van der Waals surface area contributed by atoms with E-state index in [9.17, 15) is 13.2 Å². The van der Waals surface area contributed by atoms with E-state index in [-0.39, 0.29) is 23.8 Å². The van der Waals surface area contributed by atoms with Crippen molar-refractivity contribution in [3.63, 3.8) is 0 Å². The molecule has 0 aromatic heterocycles. The fraction of sp³-hybridized carbons (Fsp3) is 0.917. The molecule has 0 aliphatic heterocycles. The summed E-state index contributed by atoms with van der Waals surface area (Å²) >= 11 is 5.76. The lowest BCUT2D eigenvalue weighted by Gasteiger charge is -2.41. The van der Waals surface area contributed by atoms with Crippen LogP contribution in [0.4, 0.5) is 0 Å². The van der Waals surface area contributed by atoms with E-state index in [0.717, 1.165) is 6.42 Å². The van der Waals surface area contributed by atoms with E-state index in [1.165, 1.54) is 0 Å². The molecule has 3 fully saturated rings. The summed E-state index contributed by atoms with van der Waals surface area (Å²) in [5.41, 5.74) is 0. The van der Waals surface area contributed by atoms with Gasteiger partial charge in [0.1, 0.15) is 0 Å². The van der Waals surface area contributed by atoms with Crippen LogP contribution in [0.25, 0.3) is 0 Å². The Morgan fingerprint density at radius 2 is 2.00 bits per heavy atom. The first-order chi connectivity index (χ1) is 8.88. The predicted octanol–water partition coefficient (Wildman–Crippen LogP) is 1.18. The Morgan fingerprint density at radius 1 is 1.32 bits per heavy atom. The summed E-state index contributed by atoms with van der Waals surface area (Å²) in [5, 5.41) is 9.02. The van der Waals surface area contributed by atoms with Crippen molar-refractivity contribution in [2.45, 2.75) is 42.9 Å². The van der Waals surface area contributed by atoms with Gasteiger partial charge in [-0.15, -0.1) is 11.6 Å². The van der Waals surface area contributed by atoms with Crippen LogP contribution in [0.2, 0.25) is 0 Å². The number of aliphatic carboxylic acids is 1. The molecule has 0 spiro atoms. The highest BCUT2D eigenvalue weighted by atomic mass is 35.5. The maximum atomic E-state index is 12.2. The van der Waals surface area contributed by atoms with Crippen molar-refractivity contribution in [3.8, 4) is 0 Å². The van der Waals surface area contributed by atoms with Crippen LogP contribution in [0.5, 0.6) is 0 Å². The largest absolute Gasteiger partial charge is 0.481 e. The van der Waals surface area contributed by atoms with Crippen LogP contribution >= 0.6 is 11.6 Å². The summed E-state index contributed by atoms with van der Waals surface area (Å²) in [6.45, 7) is 0. The zero-order valence-electron chi connectivity index (χ0n) is 10.5. The van der Waals surface area contributed by atoms with E-state index in [0.29, 0.717) is 31.6 Å². The van der Waals surface area contributed by atoms with E-state index in [2.05, 4.69) is 4.72 Å². The summed E-state index contributed by atoms with van der Waals surface area (Å²) in [6.07, 6.45) is 3.32. The Kier molecular flexibility index (Phi) is 3.11. The highest BCUT2D eigenvalue weighted by Crippen LogP contribution is 2.51. The molecule has 4 atom stereocenters. The molecule has 0 bridgehead atoms. The summed E-state index contributed by atoms with van der Waals surface area (Å²) in [4.78, 5) is 11.0. The summed E-state index contributed by atoms with van der Waals surface area (Å²) in [5.74, 6) is -0.342. The number of rotatable bonds is 5. The number of halogens is 1. The number of hydrogen-bond acceptors (Lipinski definition) is 3. The number of nitrogens with one attached hydrogen (secondary N) is 1. The van der Waals surface area contributed by atoms with E-state index < -0.39 is 20.7 Å². The second-order valence-corrected chi connectivity index (χ2v) is 8.59. The fourth-order valence-electron chi connectivity index (χ4n) is 3.50. The van der Waals surface area contributed by atoms with Crippen molar-refractivity contribution in [3.05, 3.63) is 0 Å². The van der Waals surface area contributed by atoms with Gasteiger partial charge in [-0.05, 0) is 43.9 Å². The van der Waals surface area contributed by atoms with Gasteiger partial charge >= 0.3 is 5.97 Å². The van der Waals surface area contributed by atoms with Gasteiger partial charge in [-0.25, -0.2) is 13.1 Å². The van der Waals surface area contributed by atoms with Crippen LogP contribution in [-0.4, -0.2) is 36.2 Å². The maximum Gasteiger partial charge on any atom is 0.306 e. The predicted molar refractivity (Wildman–Crippen MR) is 70.5 cm³/mol. The van der Waals surface area contributed by atoms with Crippen LogP contribution < -0.4 is 4.72 Å². The number of carboxylic acid groups (broad SMARTS) is 1. The van der Waals surface area contributed by atoms with E-state index in [1.807, 2.05) is 0 Å². The molecular formula is C12H18ClNO4S. The van der Waals surface area contributed by atoms with Gasteiger partial charge in [0, 0.05) is 11.9 Å². The second-order valence-electron chi connectivity index (χ2n) is 6.21. The topological polar surface area (TPSA) is 83.5 Å². The van der Waals surface area contributed by atoms with Crippen LogP contribution in [-0.2, 0) is 14.8 Å². The normalized spacial score (nSPS) is 39.4. The van der Waals surface area contributed by atoms with E-state index in [4.69, 9.17) is 16.7 Å². The Balaban J connectivity index is 1.63. The van der Waals surface area contributed by atoms with Crippen molar-refractivity contribution < 1.29 is 18.3 Å². The van der Waals surface area contributed by atoms with E-state index in [1.54, 1.807) is 0 Å². The highest BCUT2D eigenvalue weighted by Gasteiger charge is 2.57. The van der Waals surface area contributed by atoms with Crippen molar-refractivity contribution in [2.75, 3.05) is 5.88 Å². The molecule has 3 saturated carbocycles. The number of carboxylic acids is 1. The van der Waals surface area contributed by atoms with Crippen molar-refractivity contribution in [1.29, 1.82) is 0 Å². The molecule has 7 heteroatoms. The molecule has 3 aliphatic rings. The second kappa shape index (κ2) is 4.33. The van der Waals surface area contributed by atoms with Crippen LogP contribution in [0.15, 0.2) is 0 Å². The number of alkyl halides is 1. The molecule has 3 rings (SSSR count). The zero-order chi connectivity index (χ0) is 13.8. The van der Waals surface area contributed by atoms with Crippen LogP contribution in [0.3, 0.4) is 0 Å². The average molecular weight is 308 g/mol. The van der Waals surface area contributed by atoms with Crippen LogP contribution in [0.1, 0.15) is 32.1 Å². The minimum atomic E-state index is -3.36. The number of fused-ring (bicyclic) bond motifs is 1. The minimum absolute atomic E-state index is 0.0833. The molecule has 0 aromatic rings. The molecule has 0 heterocycles. The zero-order valence-corrected chi connectivity index (χ0v) is 12.1. The number of hydrogen-bond donors (Lipinski definition) is 2. The third kappa shape index (κ3) is 2.08. The Labute approximate surface area is 117 Å². The fourth-order valence-corrected chi connectivity index (χ4v) is 5.90. The molecular weight excluding hydrogens is 290 g/mol. The first-order valence-corrected chi connectivity index (χ1v) is 8.71. The Hall–Kier alpha value is -0.330. The third-order valence-electron chi connectivity index (χ3n) is 5.10. The van der Waals surface area contributed by atoms with Crippen molar-refractivity contribution in [2.24, 2.45) is 17.8 Å². The standard InChI is InChI=1S/C12H18ClNO4S/c13-6-12(1-2-12)19(17,18)14-10-5-7-3-8(11(15)16)4-9(7)10/h7-10,14H,1-6H2,(H,15,16)/t7-,8?,9-,10+/m1/s1. The SMILES string of the molecule is O=C(O)C1C[C@@H]2C[C@H](NS(=O)(=O)C3(CCl)CC3)[C@@H]2C1. The van der Waals surface area contributed by atoms with Crippen molar-refractivity contribution in [1.82, 2.24) is 4.72 Å². The van der Waals surface area contributed by atoms with Crippen molar-refractivity contribution >= 4 is 27.6 Å². The van der Waals surface area contributed by atoms with Gasteiger partial charge in [-0.2, -0.15) is 0 Å². The number of carbonyl (C=O) groups is 1. The van der Waals surface area contributed by atoms with Gasteiger partial charge in [0.05, 0.1) is 10.7 Å². The monoisotopic (exact) mass is 307 g/mol. The Morgan fingerprint density at radius 3 is 2.53 bits per heavy atom. The number of sulfonamides is 1. The molecule has 0 saturated heterocycles. The smallest absolute Gasteiger partial charge is 0.306 e. The van der Waals surface area contributed by atoms with E-state index >= 15 is 0 Å².